The molecular formula is C15H12N4OS. The Morgan fingerprint density at radius 2 is 2.00 bits per heavy atom. The molecule has 0 unspecified atom stereocenters. The lowest BCUT2D eigenvalue weighted by Crippen LogP contribution is -2.11. The first-order valence-corrected chi connectivity index (χ1v) is 7.16. The zero-order valence-electron chi connectivity index (χ0n) is 11.3. The van der Waals surface area contributed by atoms with Crippen LogP contribution in [0.1, 0.15) is 15.9 Å². The van der Waals surface area contributed by atoms with Crippen LogP contribution < -0.4 is 5.32 Å². The van der Waals surface area contributed by atoms with Gasteiger partial charge in [-0.25, -0.2) is 0 Å². The SMILES string of the molecule is Cc1ccccc1-c1nnc(NC(=O)c2cccnc2)s1. The van der Waals surface area contributed by atoms with E-state index in [1.807, 2.05) is 31.2 Å². The van der Waals surface area contributed by atoms with Gasteiger partial charge >= 0.3 is 0 Å². The number of carbonyl (C=O) groups is 1. The predicted octanol–water partition coefficient (Wildman–Crippen LogP) is 3.16. The summed E-state index contributed by atoms with van der Waals surface area (Å²) in [6, 6.07) is 11.4. The maximum absolute atomic E-state index is 12.0. The molecule has 2 aromatic heterocycles. The second-order valence-corrected chi connectivity index (χ2v) is 5.40. The highest BCUT2D eigenvalue weighted by Crippen LogP contribution is 2.28. The van der Waals surface area contributed by atoms with Crippen molar-refractivity contribution in [1.29, 1.82) is 0 Å². The largest absolute Gasteiger partial charge is 0.296 e. The molecule has 0 aliphatic carbocycles. The molecule has 0 spiro atoms. The average Bonchev–Trinajstić information content (AvgIpc) is 2.97. The van der Waals surface area contributed by atoms with Gasteiger partial charge in [-0.15, -0.1) is 10.2 Å². The van der Waals surface area contributed by atoms with Crippen LogP contribution in [0.3, 0.4) is 0 Å². The highest BCUT2D eigenvalue weighted by molar-refractivity contribution is 7.18. The zero-order chi connectivity index (χ0) is 14.7. The molecule has 0 radical (unpaired) electrons. The standard InChI is InChI=1S/C15H12N4OS/c1-10-5-2-3-7-12(10)14-18-19-15(21-14)17-13(20)11-6-4-8-16-9-11/h2-9H,1H3,(H,17,19,20). The summed E-state index contributed by atoms with van der Waals surface area (Å²) < 4.78 is 0. The second-order valence-electron chi connectivity index (χ2n) is 4.42. The lowest BCUT2D eigenvalue weighted by atomic mass is 10.1. The van der Waals surface area contributed by atoms with E-state index in [1.54, 1.807) is 18.3 Å². The van der Waals surface area contributed by atoms with Crippen molar-refractivity contribution in [2.24, 2.45) is 0 Å². The summed E-state index contributed by atoms with van der Waals surface area (Å²) in [6.07, 6.45) is 3.14. The lowest BCUT2D eigenvalue weighted by Gasteiger charge is -2.00. The molecule has 0 fully saturated rings. The second kappa shape index (κ2) is 5.80. The maximum Gasteiger partial charge on any atom is 0.259 e. The van der Waals surface area contributed by atoms with Crippen molar-refractivity contribution in [2.45, 2.75) is 6.92 Å². The van der Waals surface area contributed by atoms with Crippen LogP contribution in [-0.4, -0.2) is 21.1 Å². The molecule has 6 heteroatoms. The molecule has 1 aromatic carbocycles. The van der Waals surface area contributed by atoms with Crippen molar-refractivity contribution in [2.75, 3.05) is 5.32 Å². The maximum atomic E-state index is 12.0. The Kier molecular flexibility index (Phi) is 3.70. The van der Waals surface area contributed by atoms with E-state index >= 15 is 0 Å². The van der Waals surface area contributed by atoms with E-state index in [0.29, 0.717) is 10.7 Å². The molecule has 2 heterocycles. The van der Waals surface area contributed by atoms with Gasteiger partial charge < -0.3 is 0 Å². The van der Waals surface area contributed by atoms with E-state index in [4.69, 9.17) is 0 Å². The molecule has 0 atom stereocenters. The van der Waals surface area contributed by atoms with Gasteiger partial charge in [0.15, 0.2) is 0 Å². The fraction of sp³-hybridized carbons (Fsp3) is 0.0667. The van der Waals surface area contributed by atoms with Crippen LogP contribution in [0, 0.1) is 6.92 Å². The Bertz CT molecular complexity index is 770. The molecule has 0 saturated carbocycles. The molecule has 0 saturated heterocycles. The molecule has 3 aromatic rings. The van der Waals surface area contributed by atoms with Gasteiger partial charge in [-0.2, -0.15) is 0 Å². The number of pyridine rings is 1. The minimum absolute atomic E-state index is 0.240. The summed E-state index contributed by atoms with van der Waals surface area (Å²) in [5.41, 5.74) is 2.64. The van der Waals surface area contributed by atoms with E-state index in [0.717, 1.165) is 16.1 Å². The smallest absolute Gasteiger partial charge is 0.259 e. The zero-order valence-corrected chi connectivity index (χ0v) is 12.1. The normalized spacial score (nSPS) is 10.3. The Balaban J connectivity index is 1.80. The van der Waals surface area contributed by atoms with Gasteiger partial charge in [0, 0.05) is 18.0 Å². The number of nitrogens with one attached hydrogen (secondary N) is 1. The van der Waals surface area contributed by atoms with Crippen LogP contribution in [0.5, 0.6) is 0 Å². The fourth-order valence-corrected chi connectivity index (χ4v) is 2.69. The van der Waals surface area contributed by atoms with Gasteiger partial charge in [0.1, 0.15) is 5.01 Å². The van der Waals surface area contributed by atoms with Crippen LogP contribution in [0.25, 0.3) is 10.6 Å². The van der Waals surface area contributed by atoms with Crippen molar-refractivity contribution in [1.82, 2.24) is 15.2 Å². The number of carbonyl (C=O) groups excluding carboxylic acids is 1. The van der Waals surface area contributed by atoms with Crippen molar-refractivity contribution >= 4 is 22.4 Å². The molecule has 5 nitrogen and oxygen atoms in total. The summed E-state index contributed by atoms with van der Waals surface area (Å²) in [7, 11) is 0. The Morgan fingerprint density at radius 3 is 2.76 bits per heavy atom. The summed E-state index contributed by atoms with van der Waals surface area (Å²) in [5, 5.41) is 12.1. The Morgan fingerprint density at radius 1 is 1.14 bits per heavy atom. The summed E-state index contributed by atoms with van der Waals surface area (Å²) in [5.74, 6) is -0.240. The molecule has 104 valence electrons. The summed E-state index contributed by atoms with van der Waals surface area (Å²) in [4.78, 5) is 15.9. The van der Waals surface area contributed by atoms with Crippen molar-refractivity contribution < 1.29 is 4.79 Å². The quantitative estimate of drug-likeness (QED) is 0.806. The number of hydrogen-bond acceptors (Lipinski definition) is 5. The third-order valence-corrected chi connectivity index (χ3v) is 3.82. The average molecular weight is 296 g/mol. The number of anilines is 1. The summed E-state index contributed by atoms with van der Waals surface area (Å²) >= 11 is 1.35. The van der Waals surface area contributed by atoms with Crippen LogP contribution >= 0.6 is 11.3 Å². The van der Waals surface area contributed by atoms with Gasteiger partial charge in [0.05, 0.1) is 5.56 Å². The molecule has 1 amide bonds. The van der Waals surface area contributed by atoms with Crippen molar-refractivity contribution in [3.63, 3.8) is 0 Å². The topological polar surface area (TPSA) is 67.8 Å². The van der Waals surface area contributed by atoms with E-state index in [1.165, 1.54) is 17.5 Å². The van der Waals surface area contributed by atoms with E-state index in [9.17, 15) is 4.79 Å². The van der Waals surface area contributed by atoms with Gasteiger partial charge in [0.2, 0.25) is 5.13 Å². The van der Waals surface area contributed by atoms with Crippen LogP contribution in [0.15, 0.2) is 48.8 Å². The summed E-state index contributed by atoms with van der Waals surface area (Å²) in [6.45, 7) is 2.02. The number of benzene rings is 1. The van der Waals surface area contributed by atoms with Gasteiger partial charge in [0.25, 0.3) is 5.91 Å². The number of hydrogen-bond donors (Lipinski definition) is 1. The number of rotatable bonds is 3. The molecule has 0 aliphatic rings. The van der Waals surface area contributed by atoms with Gasteiger partial charge in [-0.3, -0.25) is 15.1 Å². The van der Waals surface area contributed by atoms with Gasteiger partial charge in [-0.05, 0) is 24.6 Å². The number of aromatic nitrogens is 3. The monoisotopic (exact) mass is 296 g/mol. The van der Waals surface area contributed by atoms with Gasteiger partial charge in [-0.1, -0.05) is 35.6 Å². The lowest BCUT2D eigenvalue weighted by molar-refractivity contribution is 0.102. The molecule has 21 heavy (non-hydrogen) atoms. The third-order valence-electron chi connectivity index (χ3n) is 2.94. The van der Waals surface area contributed by atoms with Crippen LogP contribution in [-0.2, 0) is 0 Å². The molecular weight excluding hydrogens is 284 g/mol. The minimum atomic E-state index is -0.240. The Hall–Kier alpha value is -2.60. The molecule has 1 N–H and O–H groups in total. The highest BCUT2D eigenvalue weighted by atomic mass is 32.1. The van der Waals surface area contributed by atoms with Crippen molar-refractivity contribution in [3.05, 3.63) is 59.9 Å². The first-order chi connectivity index (χ1) is 10.2. The first kappa shape index (κ1) is 13.4. The fourth-order valence-electron chi connectivity index (χ4n) is 1.86. The molecule has 3 rings (SSSR count). The predicted molar refractivity (Wildman–Crippen MR) is 82.3 cm³/mol. The van der Waals surface area contributed by atoms with Crippen molar-refractivity contribution in [3.8, 4) is 10.6 Å². The molecule has 0 bridgehead atoms. The van der Waals surface area contributed by atoms with E-state index < -0.39 is 0 Å². The molecule has 0 aliphatic heterocycles. The Labute approximate surface area is 125 Å². The first-order valence-electron chi connectivity index (χ1n) is 6.35. The number of nitrogens with zero attached hydrogens (tertiary/aromatic N) is 3. The van der Waals surface area contributed by atoms with Crippen LogP contribution in [0.4, 0.5) is 5.13 Å². The highest BCUT2D eigenvalue weighted by Gasteiger charge is 2.12. The van der Waals surface area contributed by atoms with E-state index in [-0.39, 0.29) is 5.91 Å². The van der Waals surface area contributed by atoms with E-state index in [2.05, 4.69) is 20.5 Å². The third kappa shape index (κ3) is 2.95. The number of aryl methyl sites for hydroxylation is 1. The minimum Gasteiger partial charge on any atom is -0.296 e. The number of amides is 1. The van der Waals surface area contributed by atoms with Crippen LogP contribution in [0.2, 0.25) is 0 Å².